The molecule has 0 N–H and O–H groups in total. The summed E-state index contributed by atoms with van der Waals surface area (Å²) in [5, 5.41) is 0. The van der Waals surface area contributed by atoms with Gasteiger partial charge in [0.15, 0.2) is 0 Å². The van der Waals surface area contributed by atoms with Gasteiger partial charge in [0.2, 0.25) is 0 Å². The average molecular weight is 260 g/mol. The van der Waals surface area contributed by atoms with E-state index >= 15 is 0 Å². The van der Waals surface area contributed by atoms with Crippen molar-refractivity contribution in [2.75, 3.05) is 6.61 Å². The quantitative estimate of drug-likeness (QED) is 0.777. The maximum absolute atomic E-state index is 11.3. The van der Waals surface area contributed by atoms with Gasteiger partial charge in [0.1, 0.15) is 0 Å². The van der Waals surface area contributed by atoms with Crippen LogP contribution in [0.3, 0.4) is 0 Å². The van der Waals surface area contributed by atoms with Crippen molar-refractivity contribution in [3.05, 3.63) is 29.8 Å². The molecule has 0 amide bonds. The van der Waals surface area contributed by atoms with Crippen molar-refractivity contribution >= 4 is 10.1 Å². The summed E-state index contributed by atoms with van der Waals surface area (Å²) in [6.45, 7) is 11.7. The molecule has 0 aliphatic carbocycles. The summed E-state index contributed by atoms with van der Waals surface area (Å²) in [5.74, 6) is 0. The highest BCUT2D eigenvalue weighted by atomic mass is 32.2. The molecule has 100 valence electrons. The molecular weight excluding hydrogens is 236 g/mol. The van der Waals surface area contributed by atoms with E-state index in [2.05, 4.69) is 4.18 Å². The van der Waals surface area contributed by atoms with Crippen LogP contribution >= 0.6 is 0 Å². The molecule has 0 saturated carbocycles. The van der Waals surface area contributed by atoms with E-state index in [4.69, 9.17) is 0 Å². The van der Waals surface area contributed by atoms with Crippen molar-refractivity contribution in [3.63, 3.8) is 0 Å². The van der Waals surface area contributed by atoms with Crippen molar-refractivity contribution in [1.29, 1.82) is 0 Å². The van der Waals surface area contributed by atoms with Crippen molar-refractivity contribution in [3.8, 4) is 0 Å². The average Bonchev–Trinajstić information content (AvgIpc) is 2.35. The van der Waals surface area contributed by atoms with Crippen molar-refractivity contribution < 1.29 is 12.6 Å². The third-order valence-electron chi connectivity index (χ3n) is 1.58. The molecule has 0 heterocycles. The normalized spacial score (nSPS) is 9.53. The summed E-state index contributed by atoms with van der Waals surface area (Å²) in [6, 6.07) is 6.57. The summed E-state index contributed by atoms with van der Waals surface area (Å²) in [5.41, 5.74) is 1.02. The van der Waals surface area contributed by atoms with Gasteiger partial charge in [0.05, 0.1) is 11.5 Å². The molecule has 0 aromatic heterocycles. The zero-order valence-corrected chi connectivity index (χ0v) is 12.5. The number of benzene rings is 1. The monoisotopic (exact) mass is 260 g/mol. The van der Waals surface area contributed by atoms with E-state index in [0.717, 1.165) is 5.56 Å². The van der Waals surface area contributed by atoms with E-state index in [-0.39, 0.29) is 11.5 Å². The van der Waals surface area contributed by atoms with Crippen LogP contribution in [0.5, 0.6) is 0 Å². The van der Waals surface area contributed by atoms with Crippen LogP contribution in [0.2, 0.25) is 0 Å². The molecular formula is C13H24O3S. The Morgan fingerprint density at radius 1 is 1.00 bits per heavy atom. The van der Waals surface area contributed by atoms with Crippen LogP contribution < -0.4 is 0 Å². The van der Waals surface area contributed by atoms with Crippen LogP contribution in [0.15, 0.2) is 29.2 Å². The maximum Gasteiger partial charge on any atom is 0.296 e. The summed E-state index contributed by atoms with van der Waals surface area (Å²) in [6.07, 6.45) is 0. The van der Waals surface area contributed by atoms with Gasteiger partial charge >= 0.3 is 0 Å². The van der Waals surface area contributed by atoms with E-state index in [1.165, 1.54) is 0 Å². The van der Waals surface area contributed by atoms with E-state index in [1.54, 1.807) is 31.2 Å². The van der Waals surface area contributed by atoms with Gasteiger partial charge < -0.3 is 0 Å². The highest BCUT2D eigenvalue weighted by molar-refractivity contribution is 7.86. The van der Waals surface area contributed by atoms with Gasteiger partial charge in [-0.3, -0.25) is 4.18 Å². The molecule has 0 spiro atoms. The molecule has 0 unspecified atom stereocenters. The van der Waals surface area contributed by atoms with Crippen molar-refractivity contribution in [2.45, 2.75) is 46.4 Å². The Balaban J connectivity index is 0. The number of hydrogen-bond acceptors (Lipinski definition) is 3. The molecule has 4 heteroatoms. The molecule has 0 bridgehead atoms. The Hall–Kier alpha value is -0.870. The second-order valence-corrected chi connectivity index (χ2v) is 4.29. The van der Waals surface area contributed by atoms with Crippen LogP contribution in [0, 0.1) is 6.92 Å². The third kappa shape index (κ3) is 7.13. The lowest BCUT2D eigenvalue weighted by Crippen LogP contribution is -2.05. The number of rotatable bonds is 3. The molecule has 0 atom stereocenters. The van der Waals surface area contributed by atoms with E-state index in [0.29, 0.717) is 0 Å². The fourth-order valence-corrected chi connectivity index (χ4v) is 1.84. The van der Waals surface area contributed by atoms with Gasteiger partial charge in [-0.1, -0.05) is 45.4 Å². The smallest absolute Gasteiger partial charge is 0.267 e. The fraction of sp³-hybridized carbons (Fsp3) is 0.538. The van der Waals surface area contributed by atoms with Gasteiger partial charge in [-0.05, 0) is 26.0 Å². The summed E-state index contributed by atoms with van der Waals surface area (Å²) in [4.78, 5) is 0.208. The first-order valence-corrected chi connectivity index (χ1v) is 7.43. The van der Waals surface area contributed by atoms with E-state index < -0.39 is 10.1 Å². The second-order valence-electron chi connectivity index (χ2n) is 2.67. The zero-order valence-electron chi connectivity index (χ0n) is 11.6. The Bertz CT molecular complexity index is 366. The number of hydrogen-bond donors (Lipinski definition) is 0. The van der Waals surface area contributed by atoms with Crippen molar-refractivity contribution in [2.24, 2.45) is 0 Å². The first kappa shape index (κ1) is 18.5. The lowest BCUT2D eigenvalue weighted by molar-refractivity contribution is 0.338. The van der Waals surface area contributed by atoms with Crippen LogP contribution in [0.1, 0.15) is 40.2 Å². The SMILES string of the molecule is CC.CC.CCOS(=O)(=O)c1ccc(C)cc1. The lowest BCUT2D eigenvalue weighted by atomic mass is 10.2. The lowest BCUT2D eigenvalue weighted by Gasteiger charge is -2.02. The first-order chi connectivity index (χ1) is 8.06. The van der Waals surface area contributed by atoms with Crippen LogP contribution in [-0.4, -0.2) is 15.0 Å². The van der Waals surface area contributed by atoms with Crippen LogP contribution in [-0.2, 0) is 14.3 Å². The predicted molar refractivity (Wildman–Crippen MR) is 72.7 cm³/mol. The highest BCUT2D eigenvalue weighted by Crippen LogP contribution is 2.12. The Morgan fingerprint density at radius 3 is 1.76 bits per heavy atom. The van der Waals surface area contributed by atoms with Gasteiger partial charge in [0, 0.05) is 0 Å². The maximum atomic E-state index is 11.3. The topological polar surface area (TPSA) is 43.4 Å². The fourth-order valence-electron chi connectivity index (χ4n) is 0.928. The molecule has 1 aromatic rings. The standard InChI is InChI=1S/C9H12O3S.2C2H6/c1-3-12-13(10,11)9-6-4-8(2)5-7-9;2*1-2/h4-7H,3H2,1-2H3;2*1-2H3. The van der Waals surface area contributed by atoms with E-state index in [9.17, 15) is 8.42 Å². The third-order valence-corrected chi connectivity index (χ3v) is 2.98. The van der Waals surface area contributed by atoms with Crippen LogP contribution in [0.25, 0.3) is 0 Å². The molecule has 1 aromatic carbocycles. The molecule has 0 radical (unpaired) electrons. The molecule has 0 aliphatic heterocycles. The molecule has 0 aliphatic rings. The predicted octanol–water partition coefficient (Wildman–Crippen LogP) is 3.77. The second kappa shape index (κ2) is 10.3. The highest BCUT2D eigenvalue weighted by Gasteiger charge is 2.12. The Morgan fingerprint density at radius 2 is 1.41 bits per heavy atom. The summed E-state index contributed by atoms with van der Waals surface area (Å²) >= 11 is 0. The zero-order chi connectivity index (χ0) is 13.9. The summed E-state index contributed by atoms with van der Waals surface area (Å²) in [7, 11) is -3.53. The first-order valence-electron chi connectivity index (χ1n) is 6.02. The van der Waals surface area contributed by atoms with Gasteiger partial charge in [-0.2, -0.15) is 8.42 Å². The molecule has 0 saturated heterocycles. The largest absolute Gasteiger partial charge is 0.296 e. The molecule has 3 nitrogen and oxygen atoms in total. The minimum atomic E-state index is -3.53. The van der Waals surface area contributed by atoms with Gasteiger partial charge in [-0.15, -0.1) is 0 Å². The minimum Gasteiger partial charge on any atom is -0.267 e. The Labute approximate surface area is 106 Å². The van der Waals surface area contributed by atoms with Gasteiger partial charge in [0.25, 0.3) is 10.1 Å². The van der Waals surface area contributed by atoms with Gasteiger partial charge in [-0.25, -0.2) is 0 Å². The van der Waals surface area contributed by atoms with E-state index in [1.807, 2.05) is 34.6 Å². The molecule has 17 heavy (non-hydrogen) atoms. The summed E-state index contributed by atoms with van der Waals surface area (Å²) < 4.78 is 27.3. The molecule has 0 fully saturated rings. The van der Waals surface area contributed by atoms with Crippen molar-refractivity contribution in [1.82, 2.24) is 0 Å². The molecule has 1 rings (SSSR count). The Kier molecular flexibility index (Phi) is 11.2. The number of aryl methyl sites for hydroxylation is 1. The van der Waals surface area contributed by atoms with Crippen LogP contribution in [0.4, 0.5) is 0 Å². The minimum absolute atomic E-state index is 0.163.